The first-order valence-corrected chi connectivity index (χ1v) is 11.5. The van der Waals surface area contributed by atoms with Gasteiger partial charge in [0.15, 0.2) is 18.0 Å². The Bertz CT molecular complexity index is 806. The fraction of sp³-hybridized carbons (Fsp3) is 0.667. The van der Waals surface area contributed by atoms with Gasteiger partial charge < -0.3 is 24.2 Å². The highest BCUT2D eigenvalue weighted by molar-refractivity contribution is 5.78. The van der Waals surface area contributed by atoms with Crippen LogP contribution >= 0.6 is 0 Å². The molecule has 1 heterocycles. The SMILES string of the molecule is COc1cc(C)c(C[NH+]2CC[NH+](CC(=O)N(C)C3(C#N)CCCCC3)CC2)cc1OC. The molecule has 1 aromatic rings. The van der Waals surface area contributed by atoms with Gasteiger partial charge in [0.1, 0.15) is 38.3 Å². The third kappa shape index (κ3) is 5.31. The summed E-state index contributed by atoms with van der Waals surface area (Å²) in [7, 11) is 5.16. The first-order chi connectivity index (χ1) is 14.9. The first kappa shape index (κ1) is 23.4. The third-order valence-corrected chi connectivity index (χ3v) is 7.25. The maximum atomic E-state index is 12.9. The smallest absolute Gasteiger partial charge is 0.278 e. The number of hydrogen-bond acceptors (Lipinski definition) is 4. The Morgan fingerprint density at radius 2 is 1.65 bits per heavy atom. The van der Waals surface area contributed by atoms with Crippen molar-refractivity contribution in [3.05, 3.63) is 23.3 Å². The number of carbonyl (C=O) groups excluding carboxylic acids is 1. The molecule has 170 valence electrons. The average molecular weight is 431 g/mol. The molecular formula is C24H38N4O3+2. The van der Waals surface area contributed by atoms with Gasteiger partial charge in [0, 0.05) is 12.6 Å². The van der Waals surface area contributed by atoms with E-state index in [-0.39, 0.29) is 5.91 Å². The van der Waals surface area contributed by atoms with E-state index in [0.717, 1.165) is 69.9 Å². The lowest BCUT2D eigenvalue weighted by molar-refractivity contribution is -1.02. The highest BCUT2D eigenvalue weighted by Crippen LogP contribution is 2.32. The molecule has 0 atom stereocenters. The number of ether oxygens (including phenoxy) is 2. The number of piperazine rings is 1. The molecule has 0 radical (unpaired) electrons. The summed E-state index contributed by atoms with van der Waals surface area (Å²) in [6.45, 7) is 7.56. The molecule has 3 rings (SSSR count). The van der Waals surface area contributed by atoms with Crippen molar-refractivity contribution in [2.75, 3.05) is 54.0 Å². The highest BCUT2D eigenvalue weighted by Gasteiger charge is 2.40. The number of likely N-dealkylation sites (N-methyl/N-ethyl adjacent to an activating group) is 1. The van der Waals surface area contributed by atoms with E-state index >= 15 is 0 Å². The lowest BCUT2D eigenvalue weighted by atomic mass is 9.81. The predicted octanol–water partition coefficient (Wildman–Crippen LogP) is -0.0195. The molecule has 0 aromatic heterocycles. The van der Waals surface area contributed by atoms with Crippen LogP contribution in [0.3, 0.4) is 0 Å². The summed E-state index contributed by atoms with van der Waals surface area (Å²) in [6.07, 6.45) is 4.86. The molecule has 0 spiro atoms. The third-order valence-electron chi connectivity index (χ3n) is 7.25. The zero-order chi connectivity index (χ0) is 22.4. The molecule has 2 fully saturated rings. The van der Waals surface area contributed by atoms with Crippen LogP contribution in [0.15, 0.2) is 12.1 Å². The number of quaternary nitrogens is 2. The van der Waals surface area contributed by atoms with Crippen LogP contribution in [0.4, 0.5) is 0 Å². The van der Waals surface area contributed by atoms with Gasteiger partial charge in [-0.1, -0.05) is 19.3 Å². The minimum atomic E-state index is -0.590. The van der Waals surface area contributed by atoms with E-state index in [4.69, 9.17) is 9.47 Å². The first-order valence-electron chi connectivity index (χ1n) is 11.5. The van der Waals surface area contributed by atoms with E-state index < -0.39 is 5.54 Å². The Labute approximate surface area is 186 Å². The second kappa shape index (κ2) is 10.3. The normalized spacial score (nSPS) is 22.9. The van der Waals surface area contributed by atoms with Gasteiger partial charge in [-0.15, -0.1) is 0 Å². The maximum absolute atomic E-state index is 12.9. The highest BCUT2D eigenvalue weighted by atomic mass is 16.5. The van der Waals surface area contributed by atoms with Crippen LogP contribution in [-0.4, -0.2) is 70.3 Å². The van der Waals surface area contributed by atoms with Gasteiger partial charge in [-0.25, -0.2) is 0 Å². The molecule has 2 aliphatic rings. The molecule has 1 saturated heterocycles. The van der Waals surface area contributed by atoms with Gasteiger partial charge in [-0.05, 0) is 37.5 Å². The lowest BCUT2D eigenvalue weighted by Gasteiger charge is -2.39. The monoisotopic (exact) mass is 430 g/mol. The summed E-state index contributed by atoms with van der Waals surface area (Å²) in [5.74, 6) is 1.65. The van der Waals surface area contributed by atoms with Crippen molar-refractivity contribution in [2.45, 2.75) is 51.1 Å². The number of amides is 1. The van der Waals surface area contributed by atoms with Crippen molar-refractivity contribution in [2.24, 2.45) is 0 Å². The zero-order valence-electron chi connectivity index (χ0n) is 19.6. The van der Waals surface area contributed by atoms with Gasteiger partial charge in [0.2, 0.25) is 0 Å². The van der Waals surface area contributed by atoms with Crippen molar-refractivity contribution in [3.8, 4) is 17.6 Å². The number of carbonyl (C=O) groups is 1. The molecule has 2 N–H and O–H groups in total. The van der Waals surface area contributed by atoms with Crippen LogP contribution in [0.5, 0.6) is 11.5 Å². The van der Waals surface area contributed by atoms with Gasteiger partial charge >= 0.3 is 0 Å². The van der Waals surface area contributed by atoms with Crippen molar-refractivity contribution in [1.82, 2.24) is 4.90 Å². The van der Waals surface area contributed by atoms with E-state index in [1.807, 2.05) is 13.1 Å². The molecule has 1 amide bonds. The topological polar surface area (TPSA) is 71.4 Å². The van der Waals surface area contributed by atoms with Crippen molar-refractivity contribution in [1.29, 1.82) is 5.26 Å². The van der Waals surface area contributed by atoms with Gasteiger partial charge in [-0.3, -0.25) is 4.79 Å². The number of nitrogens with one attached hydrogen (secondary N) is 2. The number of aryl methyl sites for hydroxylation is 1. The van der Waals surface area contributed by atoms with Crippen molar-refractivity contribution >= 4 is 5.91 Å². The average Bonchev–Trinajstić information content (AvgIpc) is 2.81. The standard InChI is InChI=1S/C24H36N4O3/c1-19-14-21(30-3)22(31-4)15-20(19)16-27-10-12-28(13-11-27)17-23(29)26(2)24(18-25)8-6-5-7-9-24/h14-15H,5-13,16-17H2,1-4H3/p+2. The number of hydrogen-bond donors (Lipinski definition) is 2. The summed E-state index contributed by atoms with van der Waals surface area (Å²) in [4.78, 5) is 17.6. The van der Waals surface area contributed by atoms with Crippen molar-refractivity contribution < 1.29 is 24.1 Å². The van der Waals surface area contributed by atoms with Crippen LogP contribution in [0, 0.1) is 18.3 Å². The number of nitrogens with zero attached hydrogens (tertiary/aromatic N) is 2. The Morgan fingerprint density at radius 1 is 1.06 bits per heavy atom. The quantitative estimate of drug-likeness (QED) is 0.638. The van der Waals surface area contributed by atoms with Gasteiger partial charge in [-0.2, -0.15) is 5.26 Å². The fourth-order valence-electron chi connectivity index (χ4n) is 5.02. The zero-order valence-corrected chi connectivity index (χ0v) is 19.6. The maximum Gasteiger partial charge on any atom is 0.278 e. The number of benzene rings is 1. The molecule has 1 aliphatic carbocycles. The lowest BCUT2D eigenvalue weighted by Crippen LogP contribution is -3.28. The summed E-state index contributed by atoms with van der Waals surface area (Å²) in [5.41, 5.74) is 1.90. The summed E-state index contributed by atoms with van der Waals surface area (Å²) in [6, 6.07) is 6.59. The van der Waals surface area contributed by atoms with Crippen LogP contribution in [-0.2, 0) is 11.3 Å². The Hall–Kier alpha value is -2.30. The second-order valence-electron chi connectivity index (χ2n) is 9.14. The molecule has 0 unspecified atom stereocenters. The van der Waals surface area contributed by atoms with E-state index in [9.17, 15) is 10.1 Å². The molecule has 31 heavy (non-hydrogen) atoms. The molecular weight excluding hydrogens is 392 g/mol. The molecule has 7 nitrogen and oxygen atoms in total. The Kier molecular flexibility index (Phi) is 7.79. The van der Waals surface area contributed by atoms with E-state index in [1.54, 1.807) is 19.1 Å². The van der Waals surface area contributed by atoms with Crippen LogP contribution in [0.2, 0.25) is 0 Å². The molecule has 7 heteroatoms. The molecule has 1 saturated carbocycles. The van der Waals surface area contributed by atoms with Crippen molar-refractivity contribution in [3.63, 3.8) is 0 Å². The summed E-state index contributed by atoms with van der Waals surface area (Å²) in [5, 5.41) is 9.76. The summed E-state index contributed by atoms with van der Waals surface area (Å²) < 4.78 is 10.9. The van der Waals surface area contributed by atoms with E-state index in [1.165, 1.54) is 27.3 Å². The Balaban J connectivity index is 1.53. The minimum absolute atomic E-state index is 0.109. The predicted molar refractivity (Wildman–Crippen MR) is 118 cm³/mol. The van der Waals surface area contributed by atoms with Gasteiger partial charge in [0.05, 0.1) is 20.3 Å². The second-order valence-corrected chi connectivity index (χ2v) is 9.14. The molecule has 0 bridgehead atoms. The Morgan fingerprint density at radius 3 is 2.23 bits per heavy atom. The van der Waals surface area contributed by atoms with Crippen LogP contribution in [0.1, 0.15) is 43.2 Å². The summed E-state index contributed by atoms with van der Waals surface area (Å²) >= 11 is 0. The fourth-order valence-corrected chi connectivity index (χ4v) is 5.02. The minimum Gasteiger partial charge on any atom is -0.493 e. The number of rotatable bonds is 7. The van der Waals surface area contributed by atoms with Crippen LogP contribution < -0.4 is 19.3 Å². The van der Waals surface area contributed by atoms with E-state index in [0.29, 0.717) is 6.54 Å². The number of methoxy groups -OCH3 is 2. The number of nitriles is 1. The largest absolute Gasteiger partial charge is 0.493 e. The van der Waals surface area contributed by atoms with E-state index in [2.05, 4.69) is 19.1 Å². The van der Waals surface area contributed by atoms with Gasteiger partial charge in [0.25, 0.3) is 5.91 Å². The van der Waals surface area contributed by atoms with Crippen LogP contribution in [0.25, 0.3) is 0 Å². The molecule has 1 aliphatic heterocycles. The molecule has 1 aromatic carbocycles.